The van der Waals surface area contributed by atoms with E-state index in [0.29, 0.717) is 25.2 Å². The Morgan fingerprint density at radius 2 is 2.09 bits per heavy atom. The molecule has 1 aliphatic heterocycles. The Morgan fingerprint density at radius 3 is 2.74 bits per heavy atom. The summed E-state index contributed by atoms with van der Waals surface area (Å²) in [6.07, 6.45) is 3.12. The summed E-state index contributed by atoms with van der Waals surface area (Å²) in [7, 11) is 0. The van der Waals surface area contributed by atoms with E-state index in [9.17, 15) is 4.79 Å². The predicted molar refractivity (Wildman–Crippen MR) is 91.6 cm³/mol. The summed E-state index contributed by atoms with van der Waals surface area (Å²) >= 11 is 0. The van der Waals surface area contributed by atoms with Crippen LogP contribution >= 0.6 is 0 Å². The number of hydrogen-bond acceptors (Lipinski definition) is 3. The minimum absolute atomic E-state index is 0.0449. The average molecular weight is 316 g/mol. The van der Waals surface area contributed by atoms with E-state index in [0.717, 1.165) is 32.4 Å². The van der Waals surface area contributed by atoms with Crippen LogP contribution in [0.2, 0.25) is 0 Å². The number of morpholine rings is 1. The minimum Gasteiger partial charge on any atom is -0.378 e. The minimum atomic E-state index is -0.0449. The molecule has 0 spiro atoms. The molecule has 4 nitrogen and oxygen atoms in total. The molecule has 1 atom stereocenters. The first kappa shape index (κ1) is 16.5. The van der Waals surface area contributed by atoms with Crippen LogP contribution in [-0.4, -0.2) is 49.2 Å². The van der Waals surface area contributed by atoms with E-state index in [4.69, 9.17) is 4.74 Å². The largest absolute Gasteiger partial charge is 0.378 e. The van der Waals surface area contributed by atoms with Crippen LogP contribution in [0.3, 0.4) is 0 Å². The molecule has 1 heterocycles. The third-order valence-electron chi connectivity index (χ3n) is 5.12. The molecule has 23 heavy (non-hydrogen) atoms. The molecule has 2 aliphatic rings. The Balaban J connectivity index is 1.50. The first-order chi connectivity index (χ1) is 11.2. The number of carbonyl (C=O) groups is 1. The Morgan fingerprint density at radius 1 is 1.35 bits per heavy atom. The Kier molecular flexibility index (Phi) is 5.34. The predicted octanol–water partition coefficient (Wildman–Crippen LogP) is 2.47. The lowest BCUT2D eigenvalue weighted by Crippen LogP contribution is -2.54. The lowest BCUT2D eigenvalue weighted by molar-refractivity contribution is -0.138. The van der Waals surface area contributed by atoms with E-state index in [1.807, 2.05) is 4.90 Å². The topological polar surface area (TPSA) is 41.6 Å². The van der Waals surface area contributed by atoms with Crippen molar-refractivity contribution in [3.05, 3.63) is 35.4 Å². The maximum Gasteiger partial charge on any atom is 0.239 e. The van der Waals surface area contributed by atoms with Crippen LogP contribution in [0, 0.1) is 6.92 Å². The van der Waals surface area contributed by atoms with Gasteiger partial charge in [-0.15, -0.1) is 0 Å². The van der Waals surface area contributed by atoms with Gasteiger partial charge in [0.25, 0.3) is 0 Å². The van der Waals surface area contributed by atoms with Crippen molar-refractivity contribution < 1.29 is 9.53 Å². The molecule has 1 aliphatic carbocycles. The van der Waals surface area contributed by atoms with E-state index in [2.05, 4.69) is 43.4 Å². The van der Waals surface area contributed by atoms with Gasteiger partial charge in [-0.05, 0) is 37.7 Å². The van der Waals surface area contributed by atoms with Gasteiger partial charge in [-0.1, -0.05) is 36.8 Å². The highest BCUT2D eigenvalue weighted by molar-refractivity contribution is 5.82. The van der Waals surface area contributed by atoms with E-state index in [1.54, 1.807) is 0 Å². The number of amides is 1. The number of hydrogen-bond donors (Lipinski definition) is 1. The highest BCUT2D eigenvalue weighted by atomic mass is 16.5. The Bertz CT molecular complexity index is 534. The van der Waals surface area contributed by atoms with Crippen molar-refractivity contribution in [2.24, 2.45) is 0 Å². The molecule has 0 unspecified atom stereocenters. The fraction of sp³-hybridized carbons (Fsp3) is 0.632. The number of carbonyl (C=O) groups excluding carboxylic acids is 1. The number of ether oxygens (including phenoxy) is 1. The zero-order valence-electron chi connectivity index (χ0n) is 14.3. The van der Waals surface area contributed by atoms with Gasteiger partial charge in [0, 0.05) is 19.1 Å². The van der Waals surface area contributed by atoms with E-state index >= 15 is 0 Å². The van der Waals surface area contributed by atoms with Crippen LogP contribution in [0.1, 0.15) is 43.2 Å². The SMILES string of the molecule is CC[C@@H](NC1CC(c2cccc(C)c2)C1)C(=O)N1CCOCC1. The van der Waals surface area contributed by atoms with E-state index in [-0.39, 0.29) is 11.9 Å². The second kappa shape index (κ2) is 7.45. The molecule has 0 bridgehead atoms. The maximum absolute atomic E-state index is 12.6. The second-order valence-electron chi connectivity index (χ2n) is 6.84. The standard InChI is InChI=1S/C19H28N2O2/c1-3-18(19(22)21-7-9-23-10-8-21)20-17-12-16(13-17)15-6-4-5-14(2)11-15/h4-6,11,16-18,20H,3,7-10,12-13H2,1-2H3/t16?,17?,18-/m1/s1. The molecular weight excluding hydrogens is 288 g/mol. The molecule has 0 radical (unpaired) electrons. The third kappa shape index (κ3) is 3.93. The molecule has 4 heteroatoms. The normalized spacial score (nSPS) is 25.7. The van der Waals surface area contributed by atoms with Crippen LogP contribution in [0.25, 0.3) is 0 Å². The summed E-state index contributed by atoms with van der Waals surface area (Å²) in [5.74, 6) is 0.887. The molecule has 1 N–H and O–H groups in total. The summed E-state index contributed by atoms with van der Waals surface area (Å²) in [6.45, 7) is 7.03. The van der Waals surface area contributed by atoms with Gasteiger partial charge in [0.2, 0.25) is 5.91 Å². The molecule has 3 rings (SSSR count). The molecule has 126 valence electrons. The van der Waals surface area contributed by atoms with Gasteiger partial charge in [-0.3, -0.25) is 4.79 Å². The van der Waals surface area contributed by atoms with Crippen molar-refractivity contribution in [1.82, 2.24) is 10.2 Å². The third-order valence-corrected chi connectivity index (χ3v) is 5.12. The molecule has 1 aromatic carbocycles. The number of benzene rings is 1. The van der Waals surface area contributed by atoms with Crippen molar-refractivity contribution in [3.8, 4) is 0 Å². The summed E-state index contributed by atoms with van der Waals surface area (Å²) in [6, 6.07) is 9.22. The van der Waals surface area contributed by atoms with Gasteiger partial charge >= 0.3 is 0 Å². The van der Waals surface area contributed by atoms with Crippen molar-refractivity contribution in [2.45, 2.75) is 51.1 Å². The molecule has 0 aromatic heterocycles. The Labute approximate surface area is 139 Å². The van der Waals surface area contributed by atoms with Crippen LogP contribution in [-0.2, 0) is 9.53 Å². The zero-order valence-corrected chi connectivity index (χ0v) is 14.3. The van der Waals surface area contributed by atoms with Crippen molar-refractivity contribution >= 4 is 5.91 Å². The highest BCUT2D eigenvalue weighted by Crippen LogP contribution is 2.37. The number of aryl methyl sites for hydroxylation is 1. The first-order valence-electron chi connectivity index (χ1n) is 8.86. The second-order valence-corrected chi connectivity index (χ2v) is 6.84. The van der Waals surface area contributed by atoms with Crippen molar-refractivity contribution in [1.29, 1.82) is 0 Å². The molecule has 1 aromatic rings. The molecular formula is C19H28N2O2. The van der Waals surface area contributed by atoms with Crippen molar-refractivity contribution in [2.75, 3.05) is 26.3 Å². The maximum atomic E-state index is 12.6. The summed E-state index contributed by atoms with van der Waals surface area (Å²) in [5, 5.41) is 3.58. The van der Waals surface area contributed by atoms with Crippen LogP contribution in [0.15, 0.2) is 24.3 Å². The number of rotatable bonds is 5. The van der Waals surface area contributed by atoms with Gasteiger partial charge in [0.05, 0.1) is 19.3 Å². The fourth-order valence-electron chi connectivity index (χ4n) is 3.60. The number of nitrogens with zero attached hydrogens (tertiary/aromatic N) is 1. The Hall–Kier alpha value is -1.39. The monoisotopic (exact) mass is 316 g/mol. The summed E-state index contributed by atoms with van der Waals surface area (Å²) in [4.78, 5) is 14.6. The van der Waals surface area contributed by atoms with E-state index < -0.39 is 0 Å². The molecule has 1 amide bonds. The van der Waals surface area contributed by atoms with Gasteiger partial charge in [0.1, 0.15) is 0 Å². The quantitative estimate of drug-likeness (QED) is 0.907. The smallest absolute Gasteiger partial charge is 0.239 e. The van der Waals surface area contributed by atoms with Gasteiger partial charge < -0.3 is 15.0 Å². The van der Waals surface area contributed by atoms with Crippen LogP contribution in [0.4, 0.5) is 0 Å². The van der Waals surface area contributed by atoms with Crippen molar-refractivity contribution in [3.63, 3.8) is 0 Å². The van der Waals surface area contributed by atoms with Gasteiger partial charge in [-0.25, -0.2) is 0 Å². The fourth-order valence-corrected chi connectivity index (χ4v) is 3.60. The highest BCUT2D eigenvalue weighted by Gasteiger charge is 2.34. The van der Waals surface area contributed by atoms with Crippen LogP contribution < -0.4 is 5.32 Å². The van der Waals surface area contributed by atoms with Gasteiger partial charge in [-0.2, -0.15) is 0 Å². The average Bonchev–Trinajstić information content (AvgIpc) is 2.54. The molecule has 1 saturated carbocycles. The summed E-state index contributed by atoms with van der Waals surface area (Å²) in [5.41, 5.74) is 2.77. The molecule has 2 fully saturated rings. The first-order valence-corrected chi connectivity index (χ1v) is 8.86. The zero-order chi connectivity index (χ0) is 16.2. The molecule has 1 saturated heterocycles. The van der Waals surface area contributed by atoms with E-state index in [1.165, 1.54) is 11.1 Å². The lowest BCUT2D eigenvalue weighted by Gasteiger charge is -2.39. The number of nitrogens with one attached hydrogen (secondary N) is 1. The van der Waals surface area contributed by atoms with Crippen LogP contribution in [0.5, 0.6) is 0 Å². The van der Waals surface area contributed by atoms with Gasteiger partial charge in [0.15, 0.2) is 0 Å². The lowest BCUT2D eigenvalue weighted by atomic mass is 9.75. The summed E-state index contributed by atoms with van der Waals surface area (Å²) < 4.78 is 5.34.